The Morgan fingerprint density at radius 3 is 1.93 bits per heavy atom. The highest BCUT2D eigenvalue weighted by Crippen LogP contribution is 2.00. The number of aliphatic carboxylic acids is 2. The maximum atomic E-state index is 11.2. The summed E-state index contributed by atoms with van der Waals surface area (Å²) in [7, 11) is 0. The number of carbonyl (C=O) groups excluding carboxylic acids is 1. The summed E-state index contributed by atoms with van der Waals surface area (Å²) in [5, 5.41) is 18.8. The fourth-order valence-corrected chi connectivity index (χ4v) is 0.699. The zero-order chi connectivity index (χ0) is 11.3. The molecule has 0 rings (SSSR count). The molecule has 0 aromatic rings. The van der Waals surface area contributed by atoms with Gasteiger partial charge >= 0.3 is 11.9 Å². The Morgan fingerprint density at radius 1 is 1.21 bits per heavy atom. The van der Waals surface area contributed by atoms with E-state index in [0.717, 1.165) is 0 Å². The number of hydrogen-bond donors (Lipinski definition) is 3. The van der Waals surface area contributed by atoms with Crippen LogP contribution in [0.15, 0.2) is 0 Å². The highest BCUT2D eigenvalue weighted by atomic mass is 16.4. The maximum absolute atomic E-state index is 11.2. The Balaban J connectivity index is 4.39. The van der Waals surface area contributed by atoms with Gasteiger partial charge in [0.1, 0.15) is 0 Å². The maximum Gasteiger partial charge on any atom is 0.338 e. The van der Waals surface area contributed by atoms with Crippen molar-refractivity contribution in [1.82, 2.24) is 5.32 Å². The lowest BCUT2D eigenvalue weighted by Gasteiger charge is -2.13. The molecule has 0 saturated carbocycles. The molecule has 14 heavy (non-hydrogen) atoms. The quantitative estimate of drug-likeness (QED) is 0.531. The molecule has 0 fully saturated rings. The summed E-state index contributed by atoms with van der Waals surface area (Å²) in [5.74, 6) is -4.11. The molecule has 0 saturated heterocycles. The van der Waals surface area contributed by atoms with E-state index in [1.54, 1.807) is 13.8 Å². The van der Waals surface area contributed by atoms with Gasteiger partial charge in [0.15, 0.2) is 0 Å². The lowest BCUT2D eigenvalue weighted by molar-refractivity contribution is -0.153. The number of nitrogens with one attached hydrogen (secondary N) is 1. The van der Waals surface area contributed by atoms with E-state index in [9.17, 15) is 14.4 Å². The van der Waals surface area contributed by atoms with Crippen LogP contribution in [0.25, 0.3) is 0 Å². The van der Waals surface area contributed by atoms with Crippen molar-refractivity contribution < 1.29 is 24.6 Å². The second-order valence-electron chi connectivity index (χ2n) is 2.93. The monoisotopic (exact) mass is 203 g/mol. The summed E-state index contributed by atoms with van der Waals surface area (Å²) in [6, 6.07) is -1.86. The Morgan fingerprint density at radius 2 is 1.64 bits per heavy atom. The molecule has 0 aliphatic rings. The molecule has 0 spiro atoms. The molecule has 0 heterocycles. The van der Waals surface area contributed by atoms with Gasteiger partial charge in [-0.15, -0.1) is 0 Å². The summed E-state index contributed by atoms with van der Waals surface area (Å²) in [4.78, 5) is 31.9. The van der Waals surface area contributed by atoms with E-state index in [1.165, 1.54) is 0 Å². The number of carbonyl (C=O) groups is 3. The molecule has 80 valence electrons. The van der Waals surface area contributed by atoms with Crippen LogP contribution < -0.4 is 5.32 Å². The van der Waals surface area contributed by atoms with Crippen LogP contribution in [0.4, 0.5) is 0 Å². The molecule has 0 aromatic heterocycles. The molecule has 0 aliphatic carbocycles. The third-order valence-corrected chi connectivity index (χ3v) is 1.84. The highest BCUT2D eigenvalue weighted by molar-refractivity contribution is 6.00. The van der Waals surface area contributed by atoms with Crippen LogP contribution >= 0.6 is 0 Å². The van der Waals surface area contributed by atoms with Crippen molar-refractivity contribution in [2.45, 2.75) is 26.3 Å². The van der Waals surface area contributed by atoms with Crippen LogP contribution in [0.5, 0.6) is 0 Å². The molecule has 3 N–H and O–H groups in total. The van der Waals surface area contributed by atoms with Gasteiger partial charge in [0.05, 0.1) is 0 Å². The number of carboxylic acid groups (broad SMARTS) is 2. The summed E-state index contributed by atoms with van der Waals surface area (Å²) in [6.45, 7) is 3.34. The Bertz CT molecular complexity index is 236. The topological polar surface area (TPSA) is 104 Å². The molecule has 0 aliphatic heterocycles. The summed E-state index contributed by atoms with van der Waals surface area (Å²) in [6.07, 6.45) is 0.526. The summed E-state index contributed by atoms with van der Waals surface area (Å²) < 4.78 is 0. The van der Waals surface area contributed by atoms with E-state index < -0.39 is 29.8 Å². The van der Waals surface area contributed by atoms with Crippen molar-refractivity contribution in [3.8, 4) is 0 Å². The largest absolute Gasteiger partial charge is 0.479 e. The zero-order valence-corrected chi connectivity index (χ0v) is 7.98. The molecule has 6 heteroatoms. The van der Waals surface area contributed by atoms with Crippen molar-refractivity contribution in [2.24, 2.45) is 5.92 Å². The number of carboxylic acids is 2. The second-order valence-corrected chi connectivity index (χ2v) is 2.93. The number of rotatable bonds is 5. The van der Waals surface area contributed by atoms with Crippen LogP contribution in [-0.2, 0) is 14.4 Å². The standard InChI is InChI=1S/C8H13NO5/c1-3-4(2)6(10)9-5(7(11)12)8(13)14/h4-5H,3H2,1-2H3,(H,9,10)(H,11,12)(H,13,14). The molecular weight excluding hydrogens is 190 g/mol. The Hall–Kier alpha value is -1.59. The van der Waals surface area contributed by atoms with Crippen molar-refractivity contribution in [3.63, 3.8) is 0 Å². The molecule has 0 aromatic carbocycles. The van der Waals surface area contributed by atoms with E-state index in [2.05, 4.69) is 0 Å². The van der Waals surface area contributed by atoms with Crippen LogP contribution in [0.3, 0.4) is 0 Å². The Kier molecular flexibility index (Phi) is 4.62. The third kappa shape index (κ3) is 3.42. The SMILES string of the molecule is CCC(C)C(=O)NC(C(=O)O)C(=O)O. The molecule has 0 bridgehead atoms. The van der Waals surface area contributed by atoms with E-state index in [-0.39, 0.29) is 0 Å². The molecule has 6 nitrogen and oxygen atoms in total. The van der Waals surface area contributed by atoms with Crippen molar-refractivity contribution in [2.75, 3.05) is 0 Å². The first-order chi connectivity index (χ1) is 6.40. The first-order valence-corrected chi connectivity index (χ1v) is 4.16. The van der Waals surface area contributed by atoms with E-state index in [1.807, 2.05) is 5.32 Å². The zero-order valence-electron chi connectivity index (χ0n) is 7.98. The predicted molar refractivity (Wildman–Crippen MR) is 46.7 cm³/mol. The first kappa shape index (κ1) is 12.4. The van der Waals surface area contributed by atoms with Crippen molar-refractivity contribution in [1.29, 1.82) is 0 Å². The molecule has 0 radical (unpaired) electrons. The van der Waals surface area contributed by atoms with Crippen LogP contribution in [-0.4, -0.2) is 34.1 Å². The van der Waals surface area contributed by atoms with Crippen molar-refractivity contribution in [3.05, 3.63) is 0 Å². The lowest BCUT2D eigenvalue weighted by atomic mass is 10.1. The van der Waals surface area contributed by atoms with Gasteiger partial charge in [-0.1, -0.05) is 13.8 Å². The van der Waals surface area contributed by atoms with Crippen LogP contribution in [0, 0.1) is 5.92 Å². The molecule has 1 atom stereocenters. The predicted octanol–water partition coefficient (Wildman–Crippen LogP) is -0.313. The van der Waals surface area contributed by atoms with Gasteiger partial charge in [0.25, 0.3) is 0 Å². The van der Waals surface area contributed by atoms with Gasteiger partial charge in [-0.05, 0) is 6.42 Å². The summed E-state index contributed by atoms with van der Waals surface area (Å²) >= 11 is 0. The lowest BCUT2D eigenvalue weighted by Crippen LogP contribution is -2.48. The van der Waals surface area contributed by atoms with Gasteiger partial charge in [-0.3, -0.25) is 4.79 Å². The Labute approximate surface area is 80.9 Å². The smallest absolute Gasteiger partial charge is 0.338 e. The highest BCUT2D eigenvalue weighted by Gasteiger charge is 2.28. The molecule has 1 amide bonds. The fraction of sp³-hybridized carbons (Fsp3) is 0.625. The number of hydrogen-bond acceptors (Lipinski definition) is 3. The van der Waals surface area contributed by atoms with Crippen molar-refractivity contribution >= 4 is 17.8 Å². The minimum Gasteiger partial charge on any atom is -0.479 e. The van der Waals surface area contributed by atoms with E-state index in [0.29, 0.717) is 6.42 Å². The normalized spacial score (nSPS) is 12.2. The van der Waals surface area contributed by atoms with Crippen LogP contribution in [0.2, 0.25) is 0 Å². The summed E-state index contributed by atoms with van der Waals surface area (Å²) in [5.41, 5.74) is 0. The fourth-order valence-electron chi connectivity index (χ4n) is 0.699. The van der Waals surface area contributed by atoms with Crippen LogP contribution in [0.1, 0.15) is 20.3 Å². The molecular formula is C8H13NO5. The third-order valence-electron chi connectivity index (χ3n) is 1.84. The average molecular weight is 203 g/mol. The first-order valence-electron chi connectivity index (χ1n) is 4.16. The minimum absolute atomic E-state index is 0.392. The van der Waals surface area contributed by atoms with Gasteiger partial charge < -0.3 is 15.5 Å². The van der Waals surface area contributed by atoms with Gasteiger partial charge in [-0.25, -0.2) is 9.59 Å². The molecule has 1 unspecified atom stereocenters. The minimum atomic E-state index is -1.86. The average Bonchev–Trinajstić information content (AvgIpc) is 2.11. The van der Waals surface area contributed by atoms with E-state index in [4.69, 9.17) is 10.2 Å². The van der Waals surface area contributed by atoms with Gasteiger partial charge in [-0.2, -0.15) is 0 Å². The second kappa shape index (κ2) is 5.21. The van der Waals surface area contributed by atoms with Gasteiger partial charge in [0, 0.05) is 5.92 Å². The van der Waals surface area contributed by atoms with Gasteiger partial charge in [0.2, 0.25) is 11.9 Å². The number of amides is 1. The van der Waals surface area contributed by atoms with E-state index >= 15 is 0 Å².